The number of hydrogen-bond acceptors (Lipinski definition) is 38. The molecule has 0 aromatic carbocycles. The summed E-state index contributed by atoms with van der Waals surface area (Å²) in [5.74, 6) is -3.61. The van der Waals surface area contributed by atoms with Gasteiger partial charge >= 0.3 is 10.4 Å². The van der Waals surface area contributed by atoms with Crippen molar-refractivity contribution >= 4 is 34.0 Å². The van der Waals surface area contributed by atoms with E-state index in [0.29, 0.717) is 0 Å². The van der Waals surface area contributed by atoms with Crippen LogP contribution in [0.4, 0.5) is 0 Å². The fourth-order valence-electron chi connectivity index (χ4n) is 11.3. The molecule has 0 aromatic rings. The molecule has 6 aliphatic heterocycles. The van der Waals surface area contributed by atoms with Gasteiger partial charge in [-0.25, -0.2) is 4.18 Å². The van der Waals surface area contributed by atoms with Gasteiger partial charge in [-0.05, 0) is 0 Å². The molecule has 6 heterocycles. The normalized spacial score (nSPS) is 42.7. The topological polar surface area (TPSA) is 675 Å². The molecular formula is C50H86N4O39S. The zero-order valence-electron chi connectivity index (χ0n) is 50.4. The van der Waals surface area contributed by atoms with Crippen molar-refractivity contribution in [2.24, 2.45) is 0 Å². The number of ether oxygens (including phenoxy) is 12. The third kappa shape index (κ3) is 19.1. The Labute approximate surface area is 533 Å². The number of hydrogen-bond donors (Lipinski definition) is 24. The molecule has 0 spiro atoms. The first kappa shape index (κ1) is 79.5. The zero-order chi connectivity index (χ0) is 70.1. The fourth-order valence-corrected chi connectivity index (χ4v) is 11.9. The van der Waals surface area contributed by atoms with E-state index in [1.54, 1.807) is 0 Å². The molecule has 0 bridgehead atoms. The highest BCUT2D eigenvalue weighted by atomic mass is 32.3. The van der Waals surface area contributed by atoms with Crippen LogP contribution in [0.25, 0.3) is 0 Å². The maximum Gasteiger partial charge on any atom is 0.397 e. The van der Waals surface area contributed by atoms with E-state index >= 15 is 0 Å². The zero-order valence-corrected chi connectivity index (χ0v) is 51.2. The number of amides is 4. The highest BCUT2D eigenvalue weighted by molar-refractivity contribution is 7.80. The molecular weight excluding hydrogens is 1310 g/mol. The summed E-state index contributed by atoms with van der Waals surface area (Å²) in [6, 6.07) is -7.36. The van der Waals surface area contributed by atoms with Gasteiger partial charge in [-0.1, -0.05) is 0 Å². The smallest absolute Gasteiger partial charge is 0.394 e. The number of aliphatic hydroxyl groups is 19. The van der Waals surface area contributed by atoms with E-state index in [1.807, 2.05) is 0 Å². The van der Waals surface area contributed by atoms with Crippen LogP contribution >= 0.6 is 0 Å². The standard InChI is InChI=1S/C50H86N4O39S/c1-13(62)51-17(5-55)28(67)39(18(66)6-56)88-45-25(52-14(2)63)33(72)41(22(10-60)84-45)90-49-38(77)43(31(70)24(87-49)12-81-48-37(76)35(74)29(68)19(7-57)82-48)91-50-44(36(75)30(69)20(8-58)83-50)92-47-26(53-15(3)64)32(71)40(21(9-59)85-47)89-46-27(54-16(4)65)34(73)42(23(11-61)86-46)93-94(78,79)80/h17-50,55-61,66-77H,5-12H2,1-4H3,(H,51,62)(H,52,63)(H,53,64)(H,54,65)(H,78,79,80)/t17-,18+,19+,20+,21+,22+,23+,24+,25+,26+,27+,28+,29+,30+,31+,32+,33+,34+,35-,36-,37-,38-,39+,40+,41+,42-,43-,44-,45-,46-,47-,48-,49-,50+/m0/s1. The van der Waals surface area contributed by atoms with Gasteiger partial charge in [0.2, 0.25) is 23.6 Å². The summed E-state index contributed by atoms with van der Waals surface area (Å²) in [6.45, 7) is -4.98. The third-order valence-electron chi connectivity index (χ3n) is 16.0. The summed E-state index contributed by atoms with van der Waals surface area (Å²) in [7, 11) is -5.38. The van der Waals surface area contributed by atoms with Gasteiger partial charge in [0.05, 0.1) is 58.9 Å². The number of aliphatic hydroxyl groups excluding tert-OH is 19. The van der Waals surface area contributed by atoms with Crippen LogP contribution in [0.5, 0.6) is 0 Å². The summed E-state index contributed by atoms with van der Waals surface area (Å²) in [5.41, 5.74) is 0. The van der Waals surface area contributed by atoms with Gasteiger partial charge in [0.1, 0.15) is 165 Å². The van der Waals surface area contributed by atoms with Gasteiger partial charge in [0, 0.05) is 27.7 Å². The van der Waals surface area contributed by atoms with Crippen LogP contribution in [-0.4, -0.2) is 395 Å². The lowest BCUT2D eigenvalue weighted by Crippen LogP contribution is -2.71. The van der Waals surface area contributed by atoms with E-state index in [-0.39, 0.29) is 0 Å². The minimum atomic E-state index is -5.38. The summed E-state index contributed by atoms with van der Waals surface area (Å²) >= 11 is 0. The van der Waals surface area contributed by atoms with Crippen molar-refractivity contribution in [2.45, 2.75) is 236 Å². The van der Waals surface area contributed by atoms with E-state index in [9.17, 15) is 129 Å². The quantitative estimate of drug-likeness (QED) is 0.0309. The molecule has 6 saturated heterocycles. The predicted octanol–water partition coefficient (Wildman–Crippen LogP) is -16.2. The van der Waals surface area contributed by atoms with Crippen LogP contribution in [0.15, 0.2) is 0 Å². The van der Waals surface area contributed by atoms with Crippen LogP contribution in [0.1, 0.15) is 27.7 Å². The monoisotopic (exact) mass is 1400 g/mol. The highest BCUT2D eigenvalue weighted by Gasteiger charge is 2.59. The summed E-state index contributed by atoms with van der Waals surface area (Å²) < 4.78 is 108. The molecule has 44 heteroatoms. The average Bonchev–Trinajstić information content (AvgIpc) is 0.775. The summed E-state index contributed by atoms with van der Waals surface area (Å²) in [5, 5.41) is 217. The van der Waals surface area contributed by atoms with E-state index in [2.05, 4.69) is 25.5 Å². The first-order valence-corrected chi connectivity index (χ1v) is 30.5. The minimum absolute atomic E-state index is 0.782. The second-order valence-corrected chi connectivity index (χ2v) is 23.9. The van der Waals surface area contributed by atoms with E-state index in [1.165, 1.54) is 0 Å². The van der Waals surface area contributed by atoms with Crippen LogP contribution in [0, 0.1) is 0 Å². The Kier molecular flexibility index (Phi) is 29.6. The van der Waals surface area contributed by atoms with Gasteiger partial charge in [0.15, 0.2) is 37.7 Å². The number of rotatable bonds is 29. The van der Waals surface area contributed by atoms with E-state index < -0.39 is 295 Å². The SMILES string of the molecule is CC(=O)N[C@H]1[C@H](O[C@H]2[C@H](O)[C@@H](NC(C)=O)[C@H](O[C@@H]3[C@@H](O[C@@H]4[C@H](O)[C@H](O[C@H]5[C@H](O)[C@@H](NC(C)=O)[C@H](O[C@@H]([C@H](O)[C@H](CO)NC(C)=O)[C@H](O)CO)O[C@@H]5CO)O[C@H](CO[C@H]5O[C@H](CO)[C@@H](O)[C@H](O)[C@@H]5O)[C@H]4O)O[C@H](CO)[C@@H](O)[C@@H]3O)O[C@@H]2CO)O[C@H](CO)[C@H](OS(=O)(=O)O)[C@@H]1O. The molecule has 24 N–H and O–H groups in total. The molecule has 94 heavy (non-hydrogen) atoms. The van der Waals surface area contributed by atoms with Gasteiger partial charge in [0.25, 0.3) is 0 Å². The Hall–Kier alpha value is -3.49. The lowest BCUT2D eigenvalue weighted by molar-refractivity contribution is -0.396. The molecule has 6 rings (SSSR count). The Morgan fingerprint density at radius 2 is 0.819 bits per heavy atom. The van der Waals surface area contributed by atoms with Crippen molar-refractivity contribution < 1.29 is 190 Å². The molecule has 0 unspecified atom stereocenters. The summed E-state index contributed by atoms with van der Waals surface area (Å²) in [6.07, 6.45) is -63.1. The van der Waals surface area contributed by atoms with Crippen molar-refractivity contribution in [2.75, 3.05) is 52.9 Å². The van der Waals surface area contributed by atoms with Gasteiger partial charge < -0.3 is 175 Å². The lowest BCUT2D eigenvalue weighted by Gasteiger charge is -2.51. The van der Waals surface area contributed by atoms with Crippen LogP contribution in [-0.2, 0) is 90.6 Å². The largest absolute Gasteiger partial charge is 0.397 e. The highest BCUT2D eigenvalue weighted by Crippen LogP contribution is 2.38. The second kappa shape index (κ2) is 35.0. The molecule has 6 aliphatic rings. The Morgan fingerprint density at radius 3 is 1.28 bits per heavy atom. The number of carbonyl (C=O) groups excluding carboxylic acids is 4. The minimum Gasteiger partial charge on any atom is -0.394 e. The van der Waals surface area contributed by atoms with Crippen molar-refractivity contribution in [3.63, 3.8) is 0 Å². The molecule has 6 fully saturated rings. The molecule has 0 aliphatic carbocycles. The van der Waals surface area contributed by atoms with Gasteiger partial charge in [-0.2, -0.15) is 8.42 Å². The average molecular weight is 1400 g/mol. The van der Waals surface area contributed by atoms with Gasteiger partial charge in [-0.15, -0.1) is 0 Å². The molecule has 0 aromatic heterocycles. The molecule has 0 saturated carbocycles. The van der Waals surface area contributed by atoms with Crippen molar-refractivity contribution in [3.05, 3.63) is 0 Å². The maximum absolute atomic E-state index is 12.9. The maximum atomic E-state index is 12.9. The Bertz CT molecular complexity index is 2520. The first-order valence-electron chi connectivity index (χ1n) is 29.2. The fraction of sp³-hybridized carbons (Fsp3) is 0.920. The van der Waals surface area contributed by atoms with Crippen molar-refractivity contribution in [1.82, 2.24) is 21.3 Å². The molecule has 34 atom stereocenters. The van der Waals surface area contributed by atoms with Crippen molar-refractivity contribution in [1.29, 1.82) is 0 Å². The van der Waals surface area contributed by atoms with E-state index in [0.717, 1.165) is 27.7 Å². The van der Waals surface area contributed by atoms with Crippen LogP contribution in [0.2, 0.25) is 0 Å². The molecule has 0 radical (unpaired) electrons. The van der Waals surface area contributed by atoms with Gasteiger partial charge in [-0.3, -0.25) is 23.7 Å². The van der Waals surface area contributed by atoms with Crippen LogP contribution in [0.3, 0.4) is 0 Å². The summed E-state index contributed by atoms with van der Waals surface area (Å²) in [4.78, 5) is 49.9. The predicted molar refractivity (Wildman–Crippen MR) is 291 cm³/mol. The van der Waals surface area contributed by atoms with Crippen molar-refractivity contribution in [3.8, 4) is 0 Å². The first-order chi connectivity index (χ1) is 44.2. The molecule has 4 amide bonds. The Balaban J connectivity index is 1.35. The molecule has 43 nitrogen and oxygen atoms in total. The van der Waals surface area contributed by atoms with Crippen LogP contribution < -0.4 is 21.3 Å². The lowest BCUT2D eigenvalue weighted by atomic mass is 9.94. The molecule has 546 valence electrons. The Morgan fingerprint density at radius 1 is 0.415 bits per heavy atom. The number of nitrogens with one attached hydrogen (secondary N) is 4. The third-order valence-corrected chi connectivity index (χ3v) is 16.5. The van der Waals surface area contributed by atoms with E-state index in [4.69, 9.17) is 56.8 Å². The number of carbonyl (C=O) groups is 4. The second-order valence-electron chi connectivity index (χ2n) is 22.8.